The summed E-state index contributed by atoms with van der Waals surface area (Å²) in [4.78, 5) is 37.9. The number of carboxylic acids is 1. The Balaban J connectivity index is 2.13. The van der Waals surface area contributed by atoms with Crippen molar-refractivity contribution in [1.82, 2.24) is 4.90 Å². The number of aliphatic hydroxyl groups excluding tert-OH is 1. The predicted octanol–water partition coefficient (Wildman–Crippen LogP) is 4.01. The summed E-state index contributed by atoms with van der Waals surface area (Å²) < 4.78 is 0. The lowest BCUT2D eigenvalue weighted by molar-refractivity contribution is -0.142. The standard InChI is InChI=1S/C24H25NO5/c1-14(2)16-8-10-17(11-9-16)21-20(22(28)18-6-4-15(3)5-7-18)23(29)24(30)25(21)13-12-19(26)27/h4-11,14,21,28H,12-13H2,1-3H3,(H,26,27)/b22-20+. The number of ketones is 1. The van der Waals surface area contributed by atoms with Gasteiger partial charge in [0.2, 0.25) is 0 Å². The molecule has 1 amide bonds. The number of carbonyl (C=O) groups excluding carboxylic acids is 2. The number of benzene rings is 2. The van der Waals surface area contributed by atoms with Crippen LogP contribution in [0.3, 0.4) is 0 Å². The summed E-state index contributed by atoms with van der Waals surface area (Å²) in [6.07, 6.45) is -0.293. The molecule has 1 fully saturated rings. The van der Waals surface area contributed by atoms with E-state index in [1.165, 1.54) is 4.90 Å². The zero-order chi connectivity index (χ0) is 22.0. The number of carboxylic acid groups (broad SMARTS) is 1. The van der Waals surface area contributed by atoms with Crippen LogP contribution in [0.25, 0.3) is 5.76 Å². The van der Waals surface area contributed by atoms with Crippen molar-refractivity contribution in [2.24, 2.45) is 0 Å². The second kappa shape index (κ2) is 8.53. The number of hydrogen-bond acceptors (Lipinski definition) is 4. The van der Waals surface area contributed by atoms with Gasteiger partial charge in [-0.25, -0.2) is 0 Å². The van der Waals surface area contributed by atoms with Crippen LogP contribution in [-0.2, 0) is 14.4 Å². The van der Waals surface area contributed by atoms with E-state index in [0.717, 1.165) is 11.1 Å². The van der Waals surface area contributed by atoms with Crippen molar-refractivity contribution < 1.29 is 24.6 Å². The van der Waals surface area contributed by atoms with Crippen LogP contribution in [0, 0.1) is 6.92 Å². The molecule has 6 heteroatoms. The van der Waals surface area contributed by atoms with Crippen molar-refractivity contribution in [3.63, 3.8) is 0 Å². The number of Topliss-reactive ketones (excluding diaryl/α,β-unsaturated/α-hetero) is 1. The molecule has 6 nitrogen and oxygen atoms in total. The lowest BCUT2D eigenvalue weighted by atomic mass is 9.93. The van der Waals surface area contributed by atoms with Gasteiger partial charge < -0.3 is 15.1 Å². The number of aliphatic carboxylic acids is 1. The van der Waals surface area contributed by atoms with Gasteiger partial charge in [-0.15, -0.1) is 0 Å². The highest BCUT2D eigenvalue weighted by molar-refractivity contribution is 6.46. The van der Waals surface area contributed by atoms with Crippen molar-refractivity contribution in [2.75, 3.05) is 6.54 Å². The minimum atomic E-state index is -1.07. The fourth-order valence-electron chi connectivity index (χ4n) is 3.60. The Labute approximate surface area is 175 Å². The average molecular weight is 407 g/mol. The Morgan fingerprint density at radius 1 is 1.00 bits per heavy atom. The highest BCUT2D eigenvalue weighted by atomic mass is 16.4. The van der Waals surface area contributed by atoms with Crippen molar-refractivity contribution in [3.05, 3.63) is 76.4 Å². The van der Waals surface area contributed by atoms with Crippen LogP contribution >= 0.6 is 0 Å². The van der Waals surface area contributed by atoms with Crippen molar-refractivity contribution >= 4 is 23.4 Å². The smallest absolute Gasteiger partial charge is 0.305 e. The van der Waals surface area contributed by atoms with E-state index in [2.05, 4.69) is 13.8 Å². The number of aryl methyl sites for hydroxylation is 1. The largest absolute Gasteiger partial charge is 0.507 e. The molecule has 1 aliphatic heterocycles. The molecule has 2 aromatic carbocycles. The van der Waals surface area contributed by atoms with Crippen LogP contribution in [0.4, 0.5) is 0 Å². The monoisotopic (exact) mass is 407 g/mol. The first-order valence-electron chi connectivity index (χ1n) is 9.87. The number of nitrogens with zero attached hydrogens (tertiary/aromatic N) is 1. The molecule has 0 saturated carbocycles. The fraction of sp³-hybridized carbons (Fsp3) is 0.292. The Bertz CT molecular complexity index is 1000. The number of hydrogen-bond donors (Lipinski definition) is 2. The summed E-state index contributed by atoms with van der Waals surface area (Å²) in [5, 5.41) is 20.0. The van der Waals surface area contributed by atoms with Crippen LogP contribution < -0.4 is 0 Å². The first-order valence-corrected chi connectivity index (χ1v) is 9.87. The van der Waals surface area contributed by atoms with Gasteiger partial charge in [-0.3, -0.25) is 14.4 Å². The normalized spacial score (nSPS) is 18.3. The molecule has 1 heterocycles. The van der Waals surface area contributed by atoms with Gasteiger partial charge in [0.05, 0.1) is 18.0 Å². The van der Waals surface area contributed by atoms with Gasteiger partial charge in [0.25, 0.3) is 11.7 Å². The van der Waals surface area contributed by atoms with Crippen LogP contribution in [-0.4, -0.2) is 39.3 Å². The number of likely N-dealkylation sites (tertiary alicyclic amines) is 1. The molecule has 1 atom stereocenters. The summed E-state index contributed by atoms with van der Waals surface area (Å²) >= 11 is 0. The molecule has 2 N–H and O–H groups in total. The molecule has 0 radical (unpaired) electrons. The Hall–Kier alpha value is -3.41. The molecule has 1 aliphatic rings. The summed E-state index contributed by atoms with van der Waals surface area (Å²) in [6.45, 7) is 5.91. The van der Waals surface area contributed by atoms with E-state index < -0.39 is 23.7 Å². The van der Waals surface area contributed by atoms with Crippen LogP contribution in [0.1, 0.15) is 54.5 Å². The van der Waals surface area contributed by atoms with Crippen molar-refractivity contribution in [1.29, 1.82) is 0 Å². The lowest BCUT2D eigenvalue weighted by Gasteiger charge is -2.25. The minimum absolute atomic E-state index is 0.0217. The Kier molecular flexibility index (Phi) is 6.06. The molecular weight excluding hydrogens is 382 g/mol. The van der Waals surface area contributed by atoms with Gasteiger partial charge >= 0.3 is 5.97 Å². The molecule has 30 heavy (non-hydrogen) atoms. The molecule has 156 valence electrons. The van der Waals surface area contributed by atoms with E-state index in [1.54, 1.807) is 12.1 Å². The quantitative estimate of drug-likeness (QED) is 0.429. The molecule has 0 aromatic heterocycles. The van der Waals surface area contributed by atoms with Crippen LogP contribution in [0.2, 0.25) is 0 Å². The van der Waals surface area contributed by atoms with E-state index in [1.807, 2.05) is 43.3 Å². The van der Waals surface area contributed by atoms with E-state index in [4.69, 9.17) is 5.11 Å². The molecule has 0 spiro atoms. The lowest BCUT2D eigenvalue weighted by Crippen LogP contribution is -2.31. The highest BCUT2D eigenvalue weighted by Crippen LogP contribution is 2.39. The van der Waals surface area contributed by atoms with Gasteiger partial charge in [0, 0.05) is 12.1 Å². The molecule has 1 unspecified atom stereocenters. The van der Waals surface area contributed by atoms with E-state index in [9.17, 15) is 19.5 Å². The number of amides is 1. The molecule has 0 aliphatic carbocycles. The minimum Gasteiger partial charge on any atom is -0.507 e. The maximum Gasteiger partial charge on any atom is 0.305 e. The zero-order valence-electron chi connectivity index (χ0n) is 17.3. The zero-order valence-corrected chi connectivity index (χ0v) is 17.3. The molecule has 2 aromatic rings. The molecule has 3 rings (SSSR count). The summed E-state index contributed by atoms with van der Waals surface area (Å²) in [6, 6.07) is 13.6. The molecular formula is C24H25NO5. The molecule has 0 bridgehead atoms. The Morgan fingerprint density at radius 3 is 2.13 bits per heavy atom. The van der Waals surface area contributed by atoms with E-state index in [0.29, 0.717) is 17.0 Å². The van der Waals surface area contributed by atoms with Crippen molar-refractivity contribution in [3.8, 4) is 0 Å². The molecule has 1 saturated heterocycles. The van der Waals surface area contributed by atoms with Gasteiger partial charge in [-0.2, -0.15) is 0 Å². The maximum atomic E-state index is 12.8. The first kappa shape index (κ1) is 21.3. The van der Waals surface area contributed by atoms with E-state index in [-0.39, 0.29) is 24.3 Å². The summed E-state index contributed by atoms with van der Waals surface area (Å²) in [5.41, 5.74) is 3.15. The predicted molar refractivity (Wildman–Crippen MR) is 113 cm³/mol. The highest BCUT2D eigenvalue weighted by Gasteiger charge is 2.46. The number of rotatable bonds is 6. The average Bonchev–Trinajstić information content (AvgIpc) is 2.97. The van der Waals surface area contributed by atoms with Gasteiger partial charge in [-0.1, -0.05) is 67.9 Å². The van der Waals surface area contributed by atoms with Gasteiger partial charge in [0.1, 0.15) is 5.76 Å². The first-order chi connectivity index (χ1) is 14.2. The van der Waals surface area contributed by atoms with Crippen molar-refractivity contribution in [2.45, 2.75) is 39.2 Å². The second-order valence-electron chi connectivity index (χ2n) is 7.82. The number of carbonyl (C=O) groups is 3. The van der Waals surface area contributed by atoms with Gasteiger partial charge in [0.15, 0.2) is 0 Å². The Morgan fingerprint density at radius 2 is 1.60 bits per heavy atom. The third kappa shape index (κ3) is 4.13. The third-order valence-electron chi connectivity index (χ3n) is 5.35. The third-order valence-corrected chi connectivity index (χ3v) is 5.35. The van der Waals surface area contributed by atoms with Crippen LogP contribution in [0.5, 0.6) is 0 Å². The fourth-order valence-corrected chi connectivity index (χ4v) is 3.60. The topological polar surface area (TPSA) is 94.9 Å². The van der Waals surface area contributed by atoms with E-state index >= 15 is 0 Å². The van der Waals surface area contributed by atoms with Crippen LogP contribution in [0.15, 0.2) is 54.1 Å². The second-order valence-corrected chi connectivity index (χ2v) is 7.82. The number of aliphatic hydroxyl groups is 1. The summed E-state index contributed by atoms with van der Waals surface area (Å²) in [7, 11) is 0. The van der Waals surface area contributed by atoms with Gasteiger partial charge in [-0.05, 0) is 24.0 Å². The SMILES string of the molecule is Cc1ccc(/C(O)=C2\C(=O)C(=O)N(CCC(=O)O)C2c2ccc(C(C)C)cc2)cc1. The summed E-state index contributed by atoms with van der Waals surface area (Å²) in [5.74, 6) is -2.63. The maximum absolute atomic E-state index is 12.8.